The standard InChI is InChI=1S/C12H19N3/c1-10-9-15(8-7-14(10)2)12-6-4-3-5-11(12)13/h3-6,10H,7-9,13H2,1-2H3. The maximum atomic E-state index is 5.98. The van der Waals surface area contributed by atoms with E-state index in [2.05, 4.69) is 35.9 Å². The van der Waals surface area contributed by atoms with Gasteiger partial charge in [-0.05, 0) is 26.1 Å². The van der Waals surface area contributed by atoms with Crippen LogP contribution in [0.4, 0.5) is 11.4 Å². The normalized spacial score (nSPS) is 23.1. The van der Waals surface area contributed by atoms with E-state index in [1.807, 2.05) is 12.1 Å². The lowest BCUT2D eigenvalue weighted by Gasteiger charge is -2.39. The first-order valence-electron chi connectivity index (χ1n) is 5.48. The molecule has 2 rings (SSSR count). The van der Waals surface area contributed by atoms with Crippen LogP contribution in [-0.2, 0) is 0 Å². The van der Waals surface area contributed by atoms with Crippen molar-refractivity contribution >= 4 is 11.4 Å². The maximum absolute atomic E-state index is 5.98. The molecule has 1 aromatic carbocycles. The molecule has 0 saturated carbocycles. The zero-order valence-electron chi connectivity index (χ0n) is 9.48. The second-order valence-corrected chi connectivity index (χ2v) is 4.33. The third kappa shape index (κ3) is 2.07. The molecule has 1 heterocycles. The number of nitrogens with zero attached hydrogens (tertiary/aromatic N) is 2. The largest absolute Gasteiger partial charge is 0.397 e. The Morgan fingerprint density at radius 2 is 2.00 bits per heavy atom. The van der Waals surface area contributed by atoms with Crippen LogP contribution >= 0.6 is 0 Å². The Morgan fingerprint density at radius 3 is 2.67 bits per heavy atom. The average molecular weight is 205 g/mol. The molecule has 0 radical (unpaired) electrons. The molecule has 2 N–H and O–H groups in total. The first kappa shape index (κ1) is 10.3. The predicted octanol–water partition coefficient (Wildman–Crippen LogP) is 1.41. The SMILES string of the molecule is CC1CN(c2ccccc2N)CCN1C. The molecule has 1 unspecified atom stereocenters. The van der Waals surface area contributed by atoms with Crippen molar-refractivity contribution in [3.63, 3.8) is 0 Å². The summed E-state index contributed by atoms with van der Waals surface area (Å²) in [4.78, 5) is 4.76. The van der Waals surface area contributed by atoms with E-state index in [4.69, 9.17) is 5.73 Å². The van der Waals surface area contributed by atoms with Gasteiger partial charge >= 0.3 is 0 Å². The Kier molecular flexibility index (Phi) is 2.82. The summed E-state index contributed by atoms with van der Waals surface area (Å²) < 4.78 is 0. The summed E-state index contributed by atoms with van der Waals surface area (Å²) in [6.45, 7) is 5.49. The molecule has 3 nitrogen and oxygen atoms in total. The minimum absolute atomic E-state index is 0.596. The number of nitrogens with two attached hydrogens (primary N) is 1. The zero-order valence-corrected chi connectivity index (χ0v) is 9.48. The molecular formula is C12H19N3. The van der Waals surface area contributed by atoms with Crippen molar-refractivity contribution in [3.05, 3.63) is 24.3 Å². The van der Waals surface area contributed by atoms with Gasteiger partial charge in [0.25, 0.3) is 0 Å². The highest BCUT2D eigenvalue weighted by atomic mass is 15.3. The number of anilines is 2. The lowest BCUT2D eigenvalue weighted by Crippen LogP contribution is -2.50. The molecule has 1 saturated heterocycles. The van der Waals surface area contributed by atoms with E-state index in [1.54, 1.807) is 0 Å². The highest BCUT2D eigenvalue weighted by molar-refractivity contribution is 5.67. The fraction of sp³-hybridized carbons (Fsp3) is 0.500. The van der Waals surface area contributed by atoms with E-state index in [0.29, 0.717) is 6.04 Å². The van der Waals surface area contributed by atoms with Crippen molar-refractivity contribution in [2.75, 3.05) is 37.3 Å². The molecule has 15 heavy (non-hydrogen) atoms. The predicted molar refractivity (Wildman–Crippen MR) is 65.2 cm³/mol. The van der Waals surface area contributed by atoms with Crippen LogP contribution in [0.2, 0.25) is 0 Å². The lowest BCUT2D eigenvalue weighted by atomic mass is 10.1. The smallest absolute Gasteiger partial charge is 0.0600 e. The maximum Gasteiger partial charge on any atom is 0.0600 e. The zero-order chi connectivity index (χ0) is 10.8. The van der Waals surface area contributed by atoms with Crippen molar-refractivity contribution in [3.8, 4) is 0 Å². The summed E-state index contributed by atoms with van der Waals surface area (Å²) in [5.41, 5.74) is 8.04. The van der Waals surface area contributed by atoms with Gasteiger partial charge in [0.15, 0.2) is 0 Å². The highest BCUT2D eigenvalue weighted by Gasteiger charge is 2.21. The van der Waals surface area contributed by atoms with Crippen LogP contribution in [0.3, 0.4) is 0 Å². The Labute approximate surface area is 91.5 Å². The Morgan fingerprint density at radius 1 is 1.27 bits per heavy atom. The first-order valence-corrected chi connectivity index (χ1v) is 5.48. The molecule has 0 bridgehead atoms. The molecule has 1 aromatic rings. The summed E-state index contributed by atoms with van der Waals surface area (Å²) in [7, 11) is 2.18. The second-order valence-electron chi connectivity index (χ2n) is 4.33. The van der Waals surface area contributed by atoms with Gasteiger partial charge in [0, 0.05) is 25.7 Å². The van der Waals surface area contributed by atoms with Crippen molar-refractivity contribution < 1.29 is 0 Å². The van der Waals surface area contributed by atoms with Crippen molar-refractivity contribution in [1.82, 2.24) is 4.90 Å². The molecule has 0 spiro atoms. The summed E-state index contributed by atoms with van der Waals surface area (Å²) >= 11 is 0. The summed E-state index contributed by atoms with van der Waals surface area (Å²) in [6.07, 6.45) is 0. The quantitative estimate of drug-likeness (QED) is 0.704. The topological polar surface area (TPSA) is 32.5 Å². The van der Waals surface area contributed by atoms with Crippen LogP contribution in [0.25, 0.3) is 0 Å². The number of para-hydroxylation sites is 2. The number of likely N-dealkylation sites (N-methyl/N-ethyl adjacent to an activating group) is 1. The van der Waals surface area contributed by atoms with E-state index < -0.39 is 0 Å². The summed E-state index contributed by atoms with van der Waals surface area (Å²) in [5, 5.41) is 0. The highest BCUT2D eigenvalue weighted by Crippen LogP contribution is 2.24. The number of piperazine rings is 1. The summed E-state index contributed by atoms with van der Waals surface area (Å²) in [5.74, 6) is 0. The Hall–Kier alpha value is -1.22. The van der Waals surface area contributed by atoms with Gasteiger partial charge in [0.2, 0.25) is 0 Å². The Balaban J connectivity index is 2.15. The molecule has 0 aromatic heterocycles. The number of hydrogen-bond acceptors (Lipinski definition) is 3. The second kappa shape index (κ2) is 4.11. The van der Waals surface area contributed by atoms with Gasteiger partial charge in [-0.3, -0.25) is 0 Å². The molecule has 82 valence electrons. The third-order valence-corrected chi connectivity index (χ3v) is 3.24. The Bertz CT molecular complexity index is 337. The van der Waals surface area contributed by atoms with Crippen LogP contribution in [0.5, 0.6) is 0 Å². The van der Waals surface area contributed by atoms with E-state index in [0.717, 1.165) is 25.3 Å². The lowest BCUT2D eigenvalue weighted by molar-refractivity contribution is 0.234. The minimum atomic E-state index is 0.596. The van der Waals surface area contributed by atoms with Gasteiger partial charge in [0.05, 0.1) is 11.4 Å². The van der Waals surface area contributed by atoms with Crippen LogP contribution in [0.1, 0.15) is 6.92 Å². The van der Waals surface area contributed by atoms with E-state index in [-0.39, 0.29) is 0 Å². The summed E-state index contributed by atoms with van der Waals surface area (Å²) in [6, 6.07) is 8.71. The molecule has 0 amide bonds. The number of benzene rings is 1. The number of nitrogen functional groups attached to an aromatic ring is 1. The van der Waals surface area contributed by atoms with Crippen molar-refractivity contribution in [1.29, 1.82) is 0 Å². The van der Waals surface area contributed by atoms with Crippen LogP contribution in [0.15, 0.2) is 24.3 Å². The fourth-order valence-electron chi connectivity index (χ4n) is 2.04. The first-order chi connectivity index (χ1) is 7.18. The van der Waals surface area contributed by atoms with Crippen LogP contribution in [-0.4, -0.2) is 37.6 Å². The monoisotopic (exact) mass is 205 g/mol. The molecular weight excluding hydrogens is 186 g/mol. The fourth-order valence-corrected chi connectivity index (χ4v) is 2.04. The molecule has 0 aliphatic carbocycles. The van der Waals surface area contributed by atoms with Crippen molar-refractivity contribution in [2.45, 2.75) is 13.0 Å². The minimum Gasteiger partial charge on any atom is -0.397 e. The van der Waals surface area contributed by atoms with Gasteiger partial charge in [-0.1, -0.05) is 12.1 Å². The van der Waals surface area contributed by atoms with Crippen molar-refractivity contribution in [2.24, 2.45) is 0 Å². The average Bonchev–Trinajstić information content (AvgIpc) is 2.23. The number of rotatable bonds is 1. The third-order valence-electron chi connectivity index (χ3n) is 3.24. The molecule has 1 fully saturated rings. The van der Waals surface area contributed by atoms with E-state index in [1.165, 1.54) is 5.69 Å². The van der Waals surface area contributed by atoms with E-state index in [9.17, 15) is 0 Å². The van der Waals surface area contributed by atoms with Gasteiger partial charge in [-0.25, -0.2) is 0 Å². The molecule has 1 aliphatic rings. The number of hydrogen-bond donors (Lipinski definition) is 1. The van der Waals surface area contributed by atoms with Gasteiger partial charge in [-0.2, -0.15) is 0 Å². The molecule has 3 heteroatoms. The van der Waals surface area contributed by atoms with Gasteiger partial charge in [-0.15, -0.1) is 0 Å². The van der Waals surface area contributed by atoms with Gasteiger partial charge in [0.1, 0.15) is 0 Å². The van der Waals surface area contributed by atoms with Gasteiger partial charge < -0.3 is 15.5 Å². The van der Waals surface area contributed by atoms with Crippen LogP contribution < -0.4 is 10.6 Å². The molecule has 1 aliphatic heterocycles. The van der Waals surface area contributed by atoms with Crippen LogP contribution in [0, 0.1) is 0 Å². The van der Waals surface area contributed by atoms with E-state index >= 15 is 0 Å². The molecule has 1 atom stereocenters.